The van der Waals surface area contributed by atoms with Crippen LogP contribution >= 0.6 is 0 Å². The van der Waals surface area contributed by atoms with Crippen molar-refractivity contribution in [1.82, 2.24) is 10.3 Å². The predicted molar refractivity (Wildman–Crippen MR) is 93.8 cm³/mol. The molecule has 1 aromatic carbocycles. The van der Waals surface area contributed by atoms with Crippen molar-refractivity contribution in [3.63, 3.8) is 0 Å². The lowest BCUT2D eigenvalue weighted by atomic mass is 10.0. The highest BCUT2D eigenvalue weighted by atomic mass is 16.5. The molecule has 1 aliphatic heterocycles. The number of nitrogens with one attached hydrogen (secondary N) is 2. The van der Waals surface area contributed by atoms with Crippen LogP contribution < -0.4 is 15.4 Å². The van der Waals surface area contributed by atoms with Gasteiger partial charge >= 0.3 is 5.97 Å². The number of benzene rings is 1. The summed E-state index contributed by atoms with van der Waals surface area (Å²) in [5.41, 5.74) is 1.70. The molecule has 1 unspecified atom stereocenters. The van der Waals surface area contributed by atoms with Gasteiger partial charge in [0, 0.05) is 38.1 Å². The molecule has 1 atom stereocenters. The van der Waals surface area contributed by atoms with E-state index >= 15 is 0 Å². The van der Waals surface area contributed by atoms with E-state index in [1.807, 2.05) is 0 Å². The molecule has 0 spiro atoms. The summed E-state index contributed by atoms with van der Waals surface area (Å²) in [5, 5.41) is 15.0. The van der Waals surface area contributed by atoms with Crippen molar-refractivity contribution in [3.05, 3.63) is 47.8 Å². The zero-order valence-electron chi connectivity index (χ0n) is 14.2. The van der Waals surface area contributed by atoms with Crippen LogP contribution in [0.25, 0.3) is 0 Å². The van der Waals surface area contributed by atoms with E-state index in [0.717, 1.165) is 5.69 Å². The third-order valence-corrected chi connectivity index (χ3v) is 3.98. The number of carboxylic acids is 1. The fourth-order valence-electron chi connectivity index (χ4n) is 2.69. The molecule has 1 aliphatic rings. The normalized spacial score (nSPS) is 15.0. The molecule has 3 rings (SSSR count). The number of nitrogens with zero attached hydrogens (tertiary/aromatic N) is 1. The number of aliphatic carboxylic acids is 1. The maximum Gasteiger partial charge on any atom is 0.312 e. The standard InChI is InChI=1S/C18H19N3O5/c1-25-7-6-20-17(22)16-9-12(4-5-19-16)26-11-2-3-15-13(8-11)14(10-21-15)18(23)24/h2-5,8-9,14,21H,6-7,10H2,1H3,(H,20,22)(H,23,24). The van der Waals surface area contributed by atoms with Gasteiger partial charge in [-0.05, 0) is 29.8 Å². The van der Waals surface area contributed by atoms with E-state index in [4.69, 9.17) is 9.47 Å². The minimum atomic E-state index is -0.882. The van der Waals surface area contributed by atoms with Crippen LogP contribution in [0.1, 0.15) is 22.0 Å². The summed E-state index contributed by atoms with van der Waals surface area (Å²) in [4.78, 5) is 27.4. The van der Waals surface area contributed by atoms with Crippen molar-refractivity contribution in [2.75, 3.05) is 32.1 Å². The van der Waals surface area contributed by atoms with Gasteiger partial charge in [-0.15, -0.1) is 0 Å². The Morgan fingerprint density at radius 3 is 2.88 bits per heavy atom. The highest BCUT2D eigenvalue weighted by Crippen LogP contribution is 2.35. The molecule has 8 heteroatoms. The molecule has 2 aromatic rings. The first-order chi connectivity index (χ1) is 12.6. The molecule has 1 amide bonds. The molecule has 3 N–H and O–H groups in total. The van der Waals surface area contributed by atoms with Crippen LogP contribution in [0.2, 0.25) is 0 Å². The van der Waals surface area contributed by atoms with Gasteiger partial charge in [0.25, 0.3) is 5.91 Å². The van der Waals surface area contributed by atoms with Gasteiger partial charge in [0.05, 0.1) is 6.61 Å². The third kappa shape index (κ3) is 3.92. The van der Waals surface area contributed by atoms with Crippen molar-refractivity contribution in [2.24, 2.45) is 0 Å². The molecule has 2 heterocycles. The topological polar surface area (TPSA) is 110 Å². The number of carboxylic acid groups (broad SMARTS) is 1. The summed E-state index contributed by atoms with van der Waals surface area (Å²) in [6.45, 7) is 1.15. The van der Waals surface area contributed by atoms with E-state index in [0.29, 0.717) is 36.8 Å². The highest BCUT2D eigenvalue weighted by molar-refractivity contribution is 5.92. The molecule has 8 nitrogen and oxygen atoms in total. The number of carbonyl (C=O) groups is 2. The van der Waals surface area contributed by atoms with Crippen LogP contribution in [0, 0.1) is 0 Å². The quantitative estimate of drug-likeness (QED) is 0.649. The molecular weight excluding hydrogens is 338 g/mol. The maximum atomic E-state index is 12.0. The van der Waals surface area contributed by atoms with Gasteiger partial charge in [-0.1, -0.05) is 0 Å². The zero-order valence-corrected chi connectivity index (χ0v) is 14.2. The first kappa shape index (κ1) is 17.7. The van der Waals surface area contributed by atoms with Gasteiger partial charge in [0.1, 0.15) is 23.1 Å². The molecule has 0 bridgehead atoms. The number of hydrogen-bond acceptors (Lipinski definition) is 6. The average Bonchev–Trinajstić information content (AvgIpc) is 3.05. The largest absolute Gasteiger partial charge is 0.481 e. The van der Waals surface area contributed by atoms with E-state index in [1.54, 1.807) is 31.4 Å². The molecule has 0 saturated carbocycles. The second-order valence-corrected chi connectivity index (χ2v) is 5.75. The number of anilines is 1. The van der Waals surface area contributed by atoms with Gasteiger partial charge in [0.15, 0.2) is 0 Å². The first-order valence-electron chi connectivity index (χ1n) is 8.10. The van der Waals surface area contributed by atoms with Gasteiger partial charge in [0.2, 0.25) is 0 Å². The first-order valence-corrected chi connectivity index (χ1v) is 8.10. The number of carbonyl (C=O) groups excluding carboxylic acids is 1. The summed E-state index contributed by atoms with van der Waals surface area (Å²) < 4.78 is 10.7. The zero-order chi connectivity index (χ0) is 18.5. The molecular formula is C18H19N3O5. The lowest BCUT2D eigenvalue weighted by Gasteiger charge is -2.10. The Hall–Kier alpha value is -3.13. The van der Waals surface area contributed by atoms with Crippen molar-refractivity contribution >= 4 is 17.6 Å². The minimum absolute atomic E-state index is 0.227. The fraction of sp³-hybridized carbons (Fsp3) is 0.278. The van der Waals surface area contributed by atoms with Gasteiger partial charge < -0.3 is 25.2 Å². The number of hydrogen-bond donors (Lipinski definition) is 3. The van der Waals surface area contributed by atoms with Crippen LogP contribution in [0.5, 0.6) is 11.5 Å². The van der Waals surface area contributed by atoms with Crippen molar-refractivity contribution in [3.8, 4) is 11.5 Å². The van der Waals surface area contributed by atoms with E-state index in [1.165, 1.54) is 12.3 Å². The van der Waals surface area contributed by atoms with Crippen LogP contribution in [-0.4, -0.2) is 48.8 Å². The van der Waals surface area contributed by atoms with Crippen LogP contribution in [-0.2, 0) is 9.53 Å². The number of ether oxygens (including phenoxy) is 2. The van der Waals surface area contributed by atoms with Gasteiger partial charge in [-0.2, -0.15) is 0 Å². The Balaban J connectivity index is 1.74. The summed E-state index contributed by atoms with van der Waals surface area (Å²) in [6.07, 6.45) is 1.48. The number of pyridine rings is 1. The molecule has 0 fully saturated rings. The van der Waals surface area contributed by atoms with E-state index in [2.05, 4.69) is 15.6 Å². The van der Waals surface area contributed by atoms with E-state index in [-0.39, 0.29) is 11.6 Å². The maximum absolute atomic E-state index is 12.0. The lowest BCUT2D eigenvalue weighted by molar-refractivity contribution is -0.138. The van der Waals surface area contributed by atoms with Crippen molar-refractivity contribution in [2.45, 2.75) is 5.92 Å². The summed E-state index contributed by atoms with van der Waals surface area (Å²) in [5.74, 6) is -0.873. The Morgan fingerprint density at radius 1 is 1.31 bits per heavy atom. The Labute approximate surface area is 150 Å². The second kappa shape index (κ2) is 7.83. The van der Waals surface area contributed by atoms with E-state index < -0.39 is 11.9 Å². The SMILES string of the molecule is COCCNC(=O)c1cc(Oc2ccc3c(c2)C(C(=O)O)CN3)ccn1. The molecule has 0 saturated heterocycles. The molecule has 0 radical (unpaired) electrons. The third-order valence-electron chi connectivity index (χ3n) is 3.98. The lowest BCUT2D eigenvalue weighted by Crippen LogP contribution is -2.27. The van der Waals surface area contributed by atoms with Crippen LogP contribution in [0.3, 0.4) is 0 Å². The summed E-state index contributed by atoms with van der Waals surface area (Å²) >= 11 is 0. The number of amides is 1. The van der Waals surface area contributed by atoms with E-state index in [9.17, 15) is 14.7 Å². The monoisotopic (exact) mass is 357 g/mol. The van der Waals surface area contributed by atoms with Crippen LogP contribution in [0.4, 0.5) is 5.69 Å². The Bertz CT molecular complexity index is 824. The number of aromatic nitrogens is 1. The summed E-state index contributed by atoms with van der Waals surface area (Å²) in [6, 6.07) is 8.39. The number of methoxy groups -OCH3 is 1. The molecule has 0 aliphatic carbocycles. The van der Waals surface area contributed by atoms with Crippen LogP contribution in [0.15, 0.2) is 36.5 Å². The average molecular weight is 357 g/mol. The Morgan fingerprint density at radius 2 is 2.12 bits per heavy atom. The van der Waals surface area contributed by atoms with Crippen molar-refractivity contribution < 1.29 is 24.2 Å². The summed E-state index contributed by atoms with van der Waals surface area (Å²) in [7, 11) is 1.56. The highest BCUT2D eigenvalue weighted by Gasteiger charge is 2.28. The molecule has 1 aromatic heterocycles. The smallest absolute Gasteiger partial charge is 0.312 e. The predicted octanol–water partition coefficient (Wildman–Crippen LogP) is 1.84. The minimum Gasteiger partial charge on any atom is -0.481 e. The number of rotatable bonds is 7. The van der Waals surface area contributed by atoms with Gasteiger partial charge in [-0.25, -0.2) is 0 Å². The molecule has 26 heavy (non-hydrogen) atoms. The molecule has 136 valence electrons. The Kier molecular flexibility index (Phi) is 5.33. The van der Waals surface area contributed by atoms with Crippen molar-refractivity contribution in [1.29, 1.82) is 0 Å². The second-order valence-electron chi connectivity index (χ2n) is 5.75. The number of fused-ring (bicyclic) bond motifs is 1. The fourth-order valence-corrected chi connectivity index (χ4v) is 2.69. The van der Waals surface area contributed by atoms with Gasteiger partial charge in [-0.3, -0.25) is 14.6 Å².